The second kappa shape index (κ2) is 11.3. The highest BCUT2D eigenvalue weighted by atomic mass is 35.5. The number of hydrogen-bond donors (Lipinski definition) is 4. The summed E-state index contributed by atoms with van der Waals surface area (Å²) in [6.45, 7) is 2.49. The second-order valence-electron chi connectivity index (χ2n) is 7.50. The number of anilines is 2. The minimum Gasteiger partial charge on any atom is -0.360 e. The third-order valence-corrected chi connectivity index (χ3v) is 5.38. The molecule has 176 valence electrons. The Hall–Kier alpha value is -3.91. The molecule has 0 heterocycles. The monoisotopic (exact) mass is 481 g/mol. The lowest BCUT2D eigenvalue weighted by molar-refractivity contribution is -0.118. The number of carbonyl (C=O) groups is 2. The molecule has 0 radical (unpaired) electrons. The van der Waals surface area contributed by atoms with Crippen molar-refractivity contribution >= 4 is 40.7 Å². The van der Waals surface area contributed by atoms with Crippen LogP contribution >= 0.6 is 11.6 Å². The van der Waals surface area contributed by atoms with Gasteiger partial charge in [-0.05, 0) is 55.0 Å². The minimum absolute atomic E-state index is 0.0541. The lowest BCUT2D eigenvalue weighted by Gasteiger charge is -2.20. The van der Waals surface area contributed by atoms with Gasteiger partial charge in [0.25, 0.3) is 5.91 Å². The Labute approximate surface area is 202 Å². The first-order chi connectivity index (χ1) is 16.3. The van der Waals surface area contributed by atoms with E-state index in [0.717, 1.165) is 0 Å². The Morgan fingerprint density at radius 3 is 2.32 bits per heavy atom. The van der Waals surface area contributed by atoms with Crippen LogP contribution in [0.25, 0.3) is 0 Å². The standard InChI is InChI=1S/C25H25ClFN5O2/c1-3-32(2)23(28)17-9-14-21(20(27)15-17)30-24(33)22(16-7-5-4-6-8-16)31-25(34)29-19-12-10-18(26)11-13-19/h4-15,22,28H,3H2,1-2H3,(H,30,33)(H2,29,31,34). The van der Waals surface area contributed by atoms with Gasteiger partial charge in [0, 0.05) is 29.9 Å². The maximum absolute atomic E-state index is 14.7. The van der Waals surface area contributed by atoms with Crippen LogP contribution in [-0.2, 0) is 4.79 Å². The summed E-state index contributed by atoms with van der Waals surface area (Å²) in [5.74, 6) is -1.13. The van der Waals surface area contributed by atoms with Gasteiger partial charge in [-0.15, -0.1) is 0 Å². The third-order valence-electron chi connectivity index (χ3n) is 5.13. The molecule has 1 atom stereocenters. The number of amides is 3. The maximum Gasteiger partial charge on any atom is 0.320 e. The van der Waals surface area contributed by atoms with Gasteiger partial charge in [0.2, 0.25) is 0 Å². The Balaban J connectivity index is 1.77. The van der Waals surface area contributed by atoms with E-state index in [0.29, 0.717) is 28.4 Å². The summed E-state index contributed by atoms with van der Waals surface area (Å²) in [6, 6.07) is 17.6. The van der Waals surface area contributed by atoms with Gasteiger partial charge in [-0.25, -0.2) is 9.18 Å². The summed E-state index contributed by atoms with van der Waals surface area (Å²) in [5, 5.41) is 16.5. The summed E-state index contributed by atoms with van der Waals surface area (Å²) in [5.41, 5.74) is 1.35. The molecule has 0 aliphatic carbocycles. The molecule has 0 saturated carbocycles. The first-order valence-electron chi connectivity index (χ1n) is 10.6. The average Bonchev–Trinajstić information content (AvgIpc) is 2.84. The number of halogens is 2. The highest BCUT2D eigenvalue weighted by molar-refractivity contribution is 6.30. The molecular formula is C25H25ClFN5O2. The van der Waals surface area contributed by atoms with Crippen molar-refractivity contribution in [3.05, 3.63) is 94.8 Å². The summed E-state index contributed by atoms with van der Waals surface area (Å²) in [4.78, 5) is 27.3. The van der Waals surface area contributed by atoms with Crippen molar-refractivity contribution in [2.75, 3.05) is 24.2 Å². The largest absolute Gasteiger partial charge is 0.360 e. The normalized spacial score (nSPS) is 11.3. The van der Waals surface area contributed by atoms with Gasteiger partial charge in [0.15, 0.2) is 0 Å². The lowest BCUT2D eigenvalue weighted by atomic mass is 10.1. The summed E-state index contributed by atoms with van der Waals surface area (Å²) >= 11 is 5.87. The van der Waals surface area contributed by atoms with Crippen molar-refractivity contribution in [3.63, 3.8) is 0 Å². The van der Waals surface area contributed by atoms with E-state index in [2.05, 4.69) is 16.0 Å². The van der Waals surface area contributed by atoms with Gasteiger partial charge in [-0.2, -0.15) is 0 Å². The van der Waals surface area contributed by atoms with Crippen LogP contribution in [0.2, 0.25) is 5.02 Å². The maximum atomic E-state index is 14.7. The molecule has 4 N–H and O–H groups in total. The number of nitrogens with one attached hydrogen (secondary N) is 4. The molecule has 3 rings (SSSR count). The molecule has 3 amide bonds. The number of rotatable bonds is 7. The quantitative estimate of drug-likeness (QED) is 0.274. The molecule has 0 fully saturated rings. The molecule has 0 aromatic heterocycles. The molecule has 9 heteroatoms. The van der Waals surface area contributed by atoms with E-state index < -0.39 is 23.8 Å². The van der Waals surface area contributed by atoms with Crippen molar-refractivity contribution in [1.82, 2.24) is 10.2 Å². The molecule has 34 heavy (non-hydrogen) atoms. The number of urea groups is 1. The number of benzene rings is 3. The zero-order valence-electron chi connectivity index (χ0n) is 18.7. The van der Waals surface area contributed by atoms with Crippen molar-refractivity contribution in [2.45, 2.75) is 13.0 Å². The van der Waals surface area contributed by atoms with Crippen molar-refractivity contribution in [1.29, 1.82) is 5.41 Å². The summed E-state index contributed by atoms with van der Waals surface area (Å²) < 4.78 is 14.7. The molecule has 1 unspecified atom stereocenters. The van der Waals surface area contributed by atoms with Gasteiger partial charge >= 0.3 is 6.03 Å². The van der Waals surface area contributed by atoms with Crippen molar-refractivity contribution < 1.29 is 14.0 Å². The summed E-state index contributed by atoms with van der Waals surface area (Å²) in [6.07, 6.45) is 0. The predicted molar refractivity (Wildman–Crippen MR) is 133 cm³/mol. The van der Waals surface area contributed by atoms with Gasteiger partial charge in [-0.3, -0.25) is 10.2 Å². The summed E-state index contributed by atoms with van der Waals surface area (Å²) in [7, 11) is 1.74. The first-order valence-corrected chi connectivity index (χ1v) is 10.9. The van der Waals surface area contributed by atoms with Gasteiger partial charge < -0.3 is 20.9 Å². The van der Waals surface area contributed by atoms with E-state index in [9.17, 15) is 14.0 Å². The Bertz CT molecular complexity index is 1170. The van der Waals surface area contributed by atoms with Gasteiger partial charge in [0.1, 0.15) is 17.7 Å². The van der Waals surface area contributed by atoms with E-state index in [1.807, 2.05) is 6.92 Å². The number of nitrogens with zero attached hydrogens (tertiary/aromatic N) is 1. The van der Waals surface area contributed by atoms with E-state index >= 15 is 0 Å². The topological polar surface area (TPSA) is 97.3 Å². The Morgan fingerprint density at radius 1 is 1.03 bits per heavy atom. The molecule has 7 nitrogen and oxygen atoms in total. The van der Waals surface area contributed by atoms with Crippen LogP contribution in [0.1, 0.15) is 24.1 Å². The zero-order valence-corrected chi connectivity index (χ0v) is 19.5. The van der Waals surface area contributed by atoms with Crippen molar-refractivity contribution in [2.24, 2.45) is 0 Å². The fourth-order valence-electron chi connectivity index (χ4n) is 3.12. The fraction of sp³-hybridized carbons (Fsp3) is 0.160. The smallest absolute Gasteiger partial charge is 0.320 e. The molecule has 0 spiro atoms. The van der Waals surface area contributed by atoms with Crippen LogP contribution in [0.5, 0.6) is 0 Å². The van der Waals surface area contributed by atoms with Crippen LogP contribution in [-0.4, -0.2) is 36.3 Å². The third kappa shape index (κ3) is 6.32. The Morgan fingerprint density at radius 2 is 1.71 bits per heavy atom. The first kappa shape index (κ1) is 24.7. The molecule has 0 aliphatic heterocycles. The lowest BCUT2D eigenvalue weighted by Crippen LogP contribution is -2.39. The van der Waals surface area contributed by atoms with E-state index in [1.165, 1.54) is 12.1 Å². The van der Waals surface area contributed by atoms with E-state index in [1.54, 1.807) is 72.6 Å². The van der Waals surface area contributed by atoms with Crippen LogP contribution in [0.4, 0.5) is 20.6 Å². The molecular weight excluding hydrogens is 457 g/mol. The van der Waals surface area contributed by atoms with Crippen molar-refractivity contribution in [3.8, 4) is 0 Å². The number of hydrogen-bond acceptors (Lipinski definition) is 3. The number of amidine groups is 1. The molecule has 0 saturated heterocycles. The van der Waals surface area contributed by atoms with Crippen LogP contribution < -0.4 is 16.0 Å². The average molecular weight is 482 g/mol. The fourth-order valence-corrected chi connectivity index (χ4v) is 3.25. The highest BCUT2D eigenvalue weighted by Crippen LogP contribution is 2.21. The molecule has 3 aromatic rings. The minimum atomic E-state index is -1.09. The van der Waals surface area contributed by atoms with Gasteiger partial charge in [0.05, 0.1) is 5.69 Å². The molecule has 0 bridgehead atoms. The highest BCUT2D eigenvalue weighted by Gasteiger charge is 2.24. The van der Waals surface area contributed by atoms with Crippen LogP contribution in [0.3, 0.4) is 0 Å². The number of carbonyl (C=O) groups excluding carboxylic acids is 2. The van der Waals surface area contributed by atoms with E-state index in [4.69, 9.17) is 17.0 Å². The van der Waals surface area contributed by atoms with Gasteiger partial charge in [-0.1, -0.05) is 41.9 Å². The molecule has 3 aromatic carbocycles. The Kier molecular flexibility index (Phi) is 8.21. The van der Waals surface area contributed by atoms with Crippen LogP contribution in [0.15, 0.2) is 72.8 Å². The molecule has 0 aliphatic rings. The SMILES string of the molecule is CCN(C)C(=N)c1ccc(NC(=O)C(NC(=O)Nc2ccc(Cl)cc2)c2ccccc2)c(F)c1. The zero-order chi connectivity index (χ0) is 24.7. The second-order valence-corrected chi connectivity index (χ2v) is 7.93. The predicted octanol–water partition coefficient (Wildman–Crippen LogP) is 5.26. The van der Waals surface area contributed by atoms with E-state index in [-0.39, 0.29) is 11.5 Å². The van der Waals surface area contributed by atoms with Crippen LogP contribution in [0, 0.1) is 11.2 Å².